The summed E-state index contributed by atoms with van der Waals surface area (Å²) in [5.74, 6) is 0.751. The number of nitrogens with zero attached hydrogens (tertiary/aromatic N) is 3. The van der Waals surface area contributed by atoms with Crippen LogP contribution in [-0.2, 0) is 4.74 Å². The van der Waals surface area contributed by atoms with Crippen molar-refractivity contribution < 1.29 is 14.3 Å². The van der Waals surface area contributed by atoms with Gasteiger partial charge in [-0.25, -0.2) is 9.78 Å². The minimum absolute atomic E-state index is 0.0318. The standard InChI is InChI=1S/C20H25N5O3S/c1-13-21-20(29-24-13)23-19(27)22-17-7-6-15(25-8-10-28-11-9-25)12-16(17)18(26)14-4-2-3-5-14/h6-7,12,14H,2-5,8-11H2,1H3,(H2,21,22,23,24,27). The lowest BCUT2D eigenvalue weighted by Crippen LogP contribution is -2.36. The lowest BCUT2D eigenvalue weighted by molar-refractivity contribution is 0.0923. The molecule has 1 aliphatic carbocycles. The number of aryl methyl sites for hydroxylation is 1. The van der Waals surface area contributed by atoms with E-state index in [-0.39, 0.29) is 11.7 Å². The van der Waals surface area contributed by atoms with Crippen molar-refractivity contribution in [2.45, 2.75) is 32.6 Å². The van der Waals surface area contributed by atoms with Gasteiger partial charge in [0, 0.05) is 41.8 Å². The summed E-state index contributed by atoms with van der Waals surface area (Å²) in [7, 11) is 0. The van der Waals surface area contributed by atoms with Crippen LogP contribution in [0.1, 0.15) is 41.9 Å². The van der Waals surface area contributed by atoms with Crippen molar-refractivity contribution in [1.29, 1.82) is 0 Å². The molecule has 0 atom stereocenters. The third-order valence-corrected chi connectivity index (χ3v) is 6.09. The molecule has 0 bridgehead atoms. The summed E-state index contributed by atoms with van der Waals surface area (Å²) >= 11 is 1.12. The first-order valence-electron chi connectivity index (χ1n) is 9.99. The summed E-state index contributed by atoms with van der Waals surface area (Å²) in [6, 6.07) is 5.25. The number of ether oxygens (including phenoxy) is 1. The van der Waals surface area contributed by atoms with Gasteiger partial charge in [0.25, 0.3) is 0 Å². The fraction of sp³-hybridized carbons (Fsp3) is 0.500. The number of carbonyl (C=O) groups excluding carboxylic acids is 2. The van der Waals surface area contributed by atoms with Gasteiger partial charge in [-0.15, -0.1) is 0 Å². The molecule has 2 amide bonds. The van der Waals surface area contributed by atoms with Crippen molar-refractivity contribution in [3.63, 3.8) is 0 Å². The average Bonchev–Trinajstić information content (AvgIpc) is 3.40. The van der Waals surface area contributed by atoms with Crippen molar-refractivity contribution in [3.8, 4) is 0 Å². The largest absolute Gasteiger partial charge is 0.378 e. The Morgan fingerprint density at radius 3 is 2.62 bits per heavy atom. The second-order valence-electron chi connectivity index (χ2n) is 7.40. The summed E-state index contributed by atoms with van der Waals surface area (Å²) in [6.45, 7) is 4.70. The van der Waals surface area contributed by atoms with E-state index in [9.17, 15) is 9.59 Å². The first-order valence-corrected chi connectivity index (χ1v) is 10.8. The monoisotopic (exact) mass is 415 g/mol. The first kappa shape index (κ1) is 19.8. The zero-order valence-electron chi connectivity index (χ0n) is 16.4. The molecule has 0 unspecified atom stereocenters. The molecule has 1 saturated carbocycles. The van der Waals surface area contributed by atoms with Gasteiger partial charge in [-0.1, -0.05) is 12.8 Å². The molecule has 1 saturated heterocycles. The number of morpholine rings is 1. The Labute approximate surface area is 173 Å². The highest BCUT2D eigenvalue weighted by molar-refractivity contribution is 7.09. The summed E-state index contributed by atoms with van der Waals surface area (Å²) in [4.78, 5) is 32.0. The predicted molar refractivity (Wildman–Crippen MR) is 113 cm³/mol. The van der Waals surface area contributed by atoms with E-state index in [4.69, 9.17) is 4.74 Å². The van der Waals surface area contributed by atoms with Gasteiger partial charge in [0.15, 0.2) is 5.78 Å². The van der Waals surface area contributed by atoms with Crippen LogP contribution in [-0.4, -0.2) is 47.5 Å². The van der Waals surface area contributed by atoms with Crippen LogP contribution in [0, 0.1) is 12.8 Å². The van der Waals surface area contributed by atoms with E-state index in [0.29, 0.717) is 35.4 Å². The van der Waals surface area contributed by atoms with Crippen LogP contribution in [0.25, 0.3) is 0 Å². The summed E-state index contributed by atoms with van der Waals surface area (Å²) in [5, 5.41) is 5.93. The summed E-state index contributed by atoms with van der Waals surface area (Å²) in [6.07, 6.45) is 3.99. The van der Waals surface area contributed by atoms with Crippen molar-refractivity contribution in [3.05, 3.63) is 29.6 Å². The van der Waals surface area contributed by atoms with Crippen molar-refractivity contribution in [1.82, 2.24) is 9.36 Å². The van der Waals surface area contributed by atoms with Gasteiger partial charge in [0.1, 0.15) is 5.82 Å². The van der Waals surface area contributed by atoms with Crippen molar-refractivity contribution in [2.75, 3.05) is 41.8 Å². The van der Waals surface area contributed by atoms with Gasteiger partial charge in [-0.3, -0.25) is 10.1 Å². The summed E-state index contributed by atoms with van der Waals surface area (Å²) in [5.41, 5.74) is 2.09. The second kappa shape index (κ2) is 8.87. The Kier molecular flexibility index (Phi) is 6.05. The average molecular weight is 416 g/mol. The van der Waals surface area contributed by atoms with Gasteiger partial charge in [-0.2, -0.15) is 4.37 Å². The summed E-state index contributed by atoms with van der Waals surface area (Å²) < 4.78 is 9.49. The molecular weight excluding hydrogens is 390 g/mol. The minimum Gasteiger partial charge on any atom is -0.378 e. The number of benzene rings is 1. The number of nitrogens with one attached hydrogen (secondary N) is 2. The SMILES string of the molecule is Cc1nsc(NC(=O)Nc2ccc(N3CCOCC3)cc2C(=O)C2CCCC2)n1. The number of aromatic nitrogens is 2. The van der Waals surface area contributed by atoms with Crippen LogP contribution in [0.3, 0.4) is 0 Å². The number of urea groups is 1. The zero-order chi connectivity index (χ0) is 20.2. The van der Waals surface area contributed by atoms with Crippen molar-refractivity contribution >= 4 is 39.9 Å². The Hall–Kier alpha value is -2.52. The molecule has 0 radical (unpaired) electrons. The maximum Gasteiger partial charge on any atom is 0.325 e. The van der Waals surface area contributed by atoms with E-state index in [2.05, 4.69) is 24.9 Å². The Morgan fingerprint density at radius 2 is 1.93 bits per heavy atom. The molecule has 154 valence electrons. The van der Waals surface area contributed by atoms with E-state index in [1.165, 1.54) is 0 Å². The molecule has 9 heteroatoms. The third kappa shape index (κ3) is 4.73. The van der Waals surface area contributed by atoms with Crippen LogP contribution in [0.15, 0.2) is 18.2 Å². The number of amides is 2. The first-order chi connectivity index (χ1) is 14.1. The van der Waals surface area contributed by atoms with E-state index in [1.54, 1.807) is 6.92 Å². The number of anilines is 3. The number of ketones is 1. The lowest BCUT2D eigenvalue weighted by atomic mass is 9.94. The number of hydrogen-bond donors (Lipinski definition) is 2. The molecule has 0 spiro atoms. The normalized spacial score (nSPS) is 17.3. The molecule has 29 heavy (non-hydrogen) atoms. The molecule has 8 nitrogen and oxygen atoms in total. The molecule has 2 fully saturated rings. The van der Waals surface area contributed by atoms with Crippen molar-refractivity contribution in [2.24, 2.45) is 5.92 Å². The second-order valence-corrected chi connectivity index (χ2v) is 8.15. The molecule has 1 aliphatic heterocycles. The van der Waals surface area contributed by atoms with E-state index in [1.807, 2.05) is 18.2 Å². The molecule has 1 aromatic carbocycles. The quantitative estimate of drug-likeness (QED) is 0.723. The van der Waals surface area contributed by atoms with Gasteiger partial charge in [-0.05, 0) is 38.0 Å². The van der Waals surface area contributed by atoms with Crippen LogP contribution >= 0.6 is 11.5 Å². The van der Waals surface area contributed by atoms with Crippen LogP contribution in [0.4, 0.5) is 21.3 Å². The molecule has 2 N–H and O–H groups in total. The lowest BCUT2D eigenvalue weighted by Gasteiger charge is -2.29. The number of Topliss-reactive ketones (excluding diaryl/α,β-unsaturated/α-hetero) is 1. The Balaban J connectivity index is 1.57. The fourth-order valence-corrected chi connectivity index (χ4v) is 4.44. The van der Waals surface area contributed by atoms with Crippen LogP contribution in [0.2, 0.25) is 0 Å². The molecule has 4 rings (SSSR count). The Morgan fingerprint density at radius 1 is 1.17 bits per heavy atom. The maximum absolute atomic E-state index is 13.2. The minimum atomic E-state index is -0.430. The highest BCUT2D eigenvalue weighted by atomic mass is 32.1. The molecule has 1 aromatic heterocycles. The third-order valence-electron chi connectivity index (χ3n) is 5.37. The smallest absolute Gasteiger partial charge is 0.325 e. The van der Waals surface area contributed by atoms with E-state index >= 15 is 0 Å². The molecular formula is C20H25N5O3S. The highest BCUT2D eigenvalue weighted by Crippen LogP contribution is 2.32. The van der Waals surface area contributed by atoms with E-state index in [0.717, 1.165) is 56.0 Å². The maximum atomic E-state index is 13.2. The topological polar surface area (TPSA) is 96.5 Å². The molecule has 2 heterocycles. The van der Waals surface area contributed by atoms with Gasteiger partial charge < -0.3 is 15.0 Å². The van der Waals surface area contributed by atoms with Crippen LogP contribution < -0.4 is 15.5 Å². The fourth-order valence-electron chi connectivity index (χ4n) is 3.87. The van der Waals surface area contributed by atoms with E-state index < -0.39 is 6.03 Å². The molecule has 2 aliphatic rings. The van der Waals surface area contributed by atoms with Gasteiger partial charge in [0.2, 0.25) is 5.13 Å². The van der Waals surface area contributed by atoms with Gasteiger partial charge in [0.05, 0.1) is 18.9 Å². The number of carbonyl (C=O) groups is 2. The molecule has 2 aromatic rings. The Bertz CT molecular complexity index is 888. The number of hydrogen-bond acceptors (Lipinski definition) is 7. The highest BCUT2D eigenvalue weighted by Gasteiger charge is 2.27. The van der Waals surface area contributed by atoms with Gasteiger partial charge >= 0.3 is 6.03 Å². The number of rotatable bonds is 5. The van der Waals surface area contributed by atoms with Crippen LogP contribution in [0.5, 0.6) is 0 Å². The zero-order valence-corrected chi connectivity index (χ0v) is 17.3. The predicted octanol–water partition coefficient (Wildman–Crippen LogP) is 3.70.